The lowest BCUT2D eigenvalue weighted by atomic mass is 10.2. The number of nitrogens with zero attached hydrogens (tertiary/aromatic N) is 1. The first-order valence-electron chi connectivity index (χ1n) is 7.29. The maximum atomic E-state index is 12.1. The van der Waals surface area contributed by atoms with Crippen molar-refractivity contribution in [3.63, 3.8) is 0 Å². The number of carbonyl (C=O) groups excluding carboxylic acids is 2. The third-order valence-corrected chi connectivity index (χ3v) is 5.19. The summed E-state index contributed by atoms with van der Waals surface area (Å²) in [5, 5.41) is 4.72. The minimum atomic E-state index is -0.108. The van der Waals surface area contributed by atoms with Gasteiger partial charge >= 0.3 is 0 Å². The van der Waals surface area contributed by atoms with E-state index in [4.69, 9.17) is 0 Å². The van der Waals surface area contributed by atoms with Gasteiger partial charge in [-0.25, -0.2) is 0 Å². The second kappa shape index (κ2) is 8.74. The van der Waals surface area contributed by atoms with E-state index in [1.807, 2.05) is 48.0 Å². The molecule has 6 heteroatoms. The normalized spacial score (nSPS) is 10.3. The molecular formula is C17H20N2O2S2. The zero-order valence-electron chi connectivity index (χ0n) is 13.2. The third-order valence-electron chi connectivity index (χ3n) is 3.37. The second-order valence-electron chi connectivity index (χ2n) is 5.06. The van der Waals surface area contributed by atoms with Gasteiger partial charge in [0.15, 0.2) is 0 Å². The molecule has 0 radical (unpaired) electrons. The first-order chi connectivity index (χ1) is 11.1. The summed E-state index contributed by atoms with van der Waals surface area (Å²) in [6, 6.07) is 11.8. The number of rotatable bonds is 7. The summed E-state index contributed by atoms with van der Waals surface area (Å²) in [6.45, 7) is 0.928. The predicted molar refractivity (Wildman–Crippen MR) is 96.0 cm³/mol. The average molecular weight is 348 g/mol. The Morgan fingerprint density at radius 2 is 1.96 bits per heavy atom. The predicted octanol–water partition coefficient (Wildman–Crippen LogP) is 3.25. The fourth-order valence-corrected chi connectivity index (χ4v) is 3.79. The smallest absolute Gasteiger partial charge is 0.262 e. The molecule has 122 valence electrons. The van der Waals surface area contributed by atoms with Crippen molar-refractivity contribution in [1.82, 2.24) is 10.2 Å². The number of hydrogen-bond donors (Lipinski definition) is 1. The van der Waals surface area contributed by atoms with E-state index in [1.54, 1.807) is 23.7 Å². The summed E-state index contributed by atoms with van der Waals surface area (Å²) >= 11 is 2.97. The quantitative estimate of drug-likeness (QED) is 0.782. The van der Waals surface area contributed by atoms with E-state index in [0.29, 0.717) is 24.4 Å². The molecule has 0 aliphatic heterocycles. The van der Waals surface area contributed by atoms with Gasteiger partial charge in [0.2, 0.25) is 5.91 Å². The van der Waals surface area contributed by atoms with Crippen LogP contribution in [0.25, 0.3) is 0 Å². The average Bonchev–Trinajstić information content (AvgIpc) is 3.04. The largest absolute Gasteiger partial charge is 0.351 e. The SMILES string of the molecule is CSc1ccsc1C(=O)NCCC(=O)N(C)Cc1ccccc1. The minimum Gasteiger partial charge on any atom is -0.351 e. The lowest BCUT2D eigenvalue weighted by molar-refractivity contribution is -0.130. The van der Waals surface area contributed by atoms with Crippen molar-refractivity contribution < 1.29 is 9.59 Å². The first-order valence-corrected chi connectivity index (χ1v) is 9.40. The van der Waals surface area contributed by atoms with Crippen molar-refractivity contribution >= 4 is 34.9 Å². The highest BCUT2D eigenvalue weighted by molar-refractivity contribution is 7.98. The van der Waals surface area contributed by atoms with Gasteiger partial charge in [-0.1, -0.05) is 30.3 Å². The van der Waals surface area contributed by atoms with Crippen molar-refractivity contribution in [2.75, 3.05) is 19.8 Å². The maximum absolute atomic E-state index is 12.1. The molecule has 1 N–H and O–H groups in total. The van der Waals surface area contributed by atoms with E-state index >= 15 is 0 Å². The van der Waals surface area contributed by atoms with Gasteiger partial charge in [-0.05, 0) is 23.3 Å². The minimum absolute atomic E-state index is 0.0189. The number of amides is 2. The van der Waals surface area contributed by atoms with Crippen LogP contribution in [0.3, 0.4) is 0 Å². The fourth-order valence-electron chi connectivity index (χ4n) is 2.12. The van der Waals surface area contributed by atoms with Crippen LogP contribution in [0.4, 0.5) is 0 Å². The van der Waals surface area contributed by atoms with E-state index in [2.05, 4.69) is 5.32 Å². The Bertz CT molecular complexity index is 656. The molecular weight excluding hydrogens is 328 g/mol. The lowest BCUT2D eigenvalue weighted by Crippen LogP contribution is -2.31. The molecule has 0 fully saturated rings. The van der Waals surface area contributed by atoms with Crippen LogP contribution in [0.15, 0.2) is 46.7 Å². The van der Waals surface area contributed by atoms with Gasteiger partial charge in [0.25, 0.3) is 5.91 Å². The zero-order chi connectivity index (χ0) is 16.7. The molecule has 2 amide bonds. The van der Waals surface area contributed by atoms with Crippen molar-refractivity contribution in [3.05, 3.63) is 52.2 Å². The van der Waals surface area contributed by atoms with Gasteiger partial charge in [-0.15, -0.1) is 23.1 Å². The van der Waals surface area contributed by atoms with Crippen LogP contribution in [-0.4, -0.2) is 36.6 Å². The molecule has 0 atom stereocenters. The number of nitrogens with one attached hydrogen (secondary N) is 1. The molecule has 0 bridgehead atoms. The molecule has 1 aromatic heterocycles. The van der Waals surface area contributed by atoms with Gasteiger partial charge in [0, 0.05) is 31.5 Å². The fraction of sp³-hybridized carbons (Fsp3) is 0.294. The molecule has 4 nitrogen and oxygen atoms in total. The van der Waals surface area contributed by atoms with Crippen molar-refractivity contribution in [1.29, 1.82) is 0 Å². The topological polar surface area (TPSA) is 49.4 Å². The number of thiophene rings is 1. The van der Waals surface area contributed by atoms with Gasteiger partial charge < -0.3 is 10.2 Å². The van der Waals surface area contributed by atoms with Gasteiger partial charge in [0.05, 0.1) is 0 Å². The molecule has 1 aromatic carbocycles. The van der Waals surface area contributed by atoms with E-state index < -0.39 is 0 Å². The van der Waals surface area contributed by atoms with Crippen LogP contribution in [-0.2, 0) is 11.3 Å². The van der Waals surface area contributed by atoms with Crippen LogP contribution >= 0.6 is 23.1 Å². The van der Waals surface area contributed by atoms with Crippen LogP contribution in [0.2, 0.25) is 0 Å². The second-order valence-corrected chi connectivity index (χ2v) is 6.82. The van der Waals surface area contributed by atoms with E-state index in [1.165, 1.54) is 11.3 Å². The molecule has 0 saturated heterocycles. The standard InChI is InChI=1S/C17H20N2O2S2/c1-19(12-13-6-4-3-5-7-13)15(20)8-10-18-17(21)16-14(22-2)9-11-23-16/h3-7,9,11H,8,10,12H2,1-2H3,(H,18,21). The highest BCUT2D eigenvalue weighted by atomic mass is 32.2. The lowest BCUT2D eigenvalue weighted by Gasteiger charge is -2.17. The molecule has 0 aliphatic carbocycles. The molecule has 0 saturated carbocycles. The van der Waals surface area contributed by atoms with E-state index in [-0.39, 0.29) is 11.8 Å². The van der Waals surface area contributed by atoms with Crippen LogP contribution < -0.4 is 5.32 Å². The first kappa shape index (κ1) is 17.6. The summed E-state index contributed by atoms with van der Waals surface area (Å²) in [5.74, 6) is -0.0896. The number of carbonyl (C=O) groups is 2. The van der Waals surface area contributed by atoms with Crippen LogP contribution in [0.1, 0.15) is 21.7 Å². The van der Waals surface area contributed by atoms with Crippen molar-refractivity contribution in [2.45, 2.75) is 17.9 Å². The summed E-state index contributed by atoms with van der Waals surface area (Å²) in [5.41, 5.74) is 1.09. The Kier molecular flexibility index (Phi) is 6.67. The Hall–Kier alpha value is -1.79. The molecule has 0 aliphatic rings. The highest BCUT2D eigenvalue weighted by Crippen LogP contribution is 2.25. The maximum Gasteiger partial charge on any atom is 0.262 e. The zero-order valence-corrected chi connectivity index (χ0v) is 14.9. The van der Waals surface area contributed by atoms with Crippen molar-refractivity contribution in [3.8, 4) is 0 Å². The monoisotopic (exact) mass is 348 g/mol. The molecule has 2 aromatic rings. The van der Waals surface area contributed by atoms with Crippen LogP contribution in [0.5, 0.6) is 0 Å². The molecule has 1 heterocycles. The Morgan fingerprint density at radius 1 is 1.22 bits per heavy atom. The summed E-state index contributed by atoms with van der Waals surface area (Å²) in [6.07, 6.45) is 2.25. The third kappa shape index (κ3) is 5.11. The Morgan fingerprint density at radius 3 is 2.65 bits per heavy atom. The van der Waals surface area contributed by atoms with Gasteiger partial charge in [-0.2, -0.15) is 0 Å². The summed E-state index contributed by atoms with van der Waals surface area (Å²) in [4.78, 5) is 27.6. The number of thioether (sulfide) groups is 1. The Labute approximate surface area is 144 Å². The van der Waals surface area contributed by atoms with E-state index in [9.17, 15) is 9.59 Å². The van der Waals surface area contributed by atoms with Crippen molar-refractivity contribution in [2.24, 2.45) is 0 Å². The van der Waals surface area contributed by atoms with Crippen LogP contribution in [0, 0.1) is 0 Å². The molecule has 0 unspecified atom stereocenters. The molecule has 23 heavy (non-hydrogen) atoms. The van der Waals surface area contributed by atoms with E-state index in [0.717, 1.165) is 10.5 Å². The van der Waals surface area contributed by atoms with Gasteiger partial charge in [0.1, 0.15) is 4.88 Å². The Balaban J connectivity index is 1.77. The van der Waals surface area contributed by atoms with Gasteiger partial charge in [-0.3, -0.25) is 9.59 Å². The number of benzene rings is 1. The molecule has 0 spiro atoms. The number of hydrogen-bond acceptors (Lipinski definition) is 4. The highest BCUT2D eigenvalue weighted by Gasteiger charge is 2.14. The summed E-state index contributed by atoms with van der Waals surface area (Å²) < 4.78 is 0. The summed E-state index contributed by atoms with van der Waals surface area (Å²) in [7, 11) is 1.78. The molecule has 2 rings (SSSR count).